The number of hydrogen-bond acceptors (Lipinski definition) is 5. The average Bonchev–Trinajstić information content (AvgIpc) is 2.45. The van der Waals surface area contributed by atoms with Crippen LogP contribution in [-0.2, 0) is 10.2 Å². The number of rotatable bonds is 6. The number of hydrogen-bond donors (Lipinski definition) is 2. The first-order chi connectivity index (χ1) is 10.0. The summed E-state index contributed by atoms with van der Waals surface area (Å²) in [6.07, 6.45) is 0. The molecule has 0 atom stereocenters. The first-order valence-electron chi connectivity index (χ1n) is 7.22. The molecule has 2 aromatic rings. The van der Waals surface area contributed by atoms with Gasteiger partial charge in [-0.3, -0.25) is 0 Å². The van der Waals surface area contributed by atoms with Gasteiger partial charge in [-0.25, -0.2) is 9.97 Å². The van der Waals surface area contributed by atoms with Crippen LogP contribution >= 0.6 is 0 Å². The summed E-state index contributed by atoms with van der Waals surface area (Å²) < 4.78 is 5.26. The van der Waals surface area contributed by atoms with Crippen molar-refractivity contribution in [2.75, 3.05) is 31.7 Å². The lowest BCUT2D eigenvalue weighted by atomic mass is 9.95. The normalized spacial score (nSPS) is 11.8. The van der Waals surface area contributed by atoms with Crippen molar-refractivity contribution in [3.8, 4) is 0 Å². The standard InChI is InChI=1S/C16H23N3O2/c1-16(2,3)15-18-13-7-5-4-6-12(13)14(19-15)17-8-10-21-11-9-20/h4-7,20H,8-11H2,1-3H3,(H,17,18,19). The Bertz CT molecular complexity index is 594. The molecular formula is C16H23N3O2. The van der Waals surface area contributed by atoms with Crippen LogP contribution in [0.1, 0.15) is 26.6 Å². The first kappa shape index (κ1) is 15.7. The summed E-state index contributed by atoms with van der Waals surface area (Å²) in [4.78, 5) is 9.31. The van der Waals surface area contributed by atoms with Gasteiger partial charge in [-0.2, -0.15) is 0 Å². The predicted molar refractivity (Wildman–Crippen MR) is 84.6 cm³/mol. The zero-order valence-corrected chi connectivity index (χ0v) is 12.9. The van der Waals surface area contributed by atoms with E-state index in [-0.39, 0.29) is 12.0 Å². The summed E-state index contributed by atoms with van der Waals surface area (Å²) in [5.74, 6) is 1.65. The van der Waals surface area contributed by atoms with Crippen LogP contribution in [0.3, 0.4) is 0 Å². The number of aliphatic hydroxyl groups is 1. The molecule has 1 aromatic heterocycles. The number of para-hydroxylation sites is 1. The van der Waals surface area contributed by atoms with Gasteiger partial charge in [-0.15, -0.1) is 0 Å². The Kier molecular flexibility index (Phi) is 5.09. The third-order valence-corrected chi connectivity index (χ3v) is 3.05. The number of fused-ring (bicyclic) bond motifs is 1. The van der Waals surface area contributed by atoms with E-state index in [0.29, 0.717) is 19.8 Å². The Hall–Kier alpha value is -1.72. The molecule has 2 N–H and O–H groups in total. The molecule has 0 aliphatic rings. The lowest BCUT2D eigenvalue weighted by Gasteiger charge is -2.19. The molecule has 5 heteroatoms. The van der Waals surface area contributed by atoms with Crippen molar-refractivity contribution in [1.82, 2.24) is 9.97 Å². The number of anilines is 1. The smallest absolute Gasteiger partial charge is 0.137 e. The summed E-state index contributed by atoms with van der Waals surface area (Å²) in [5, 5.41) is 13.0. The zero-order valence-electron chi connectivity index (χ0n) is 12.9. The number of benzene rings is 1. The molecular weight excluding hydrogens is 266 g/mol. The van der Waals surface area contributed by atoms with Gasteiger partial charge in [0.2, 0.25) is 0 Å². The van der Waals surface area contributed by atoms with Gasteiger partial charge >= 0.3 is 0 Å². The van der Waals surface area contributed by atoms with E-state index in [2.05, 4.69) is 36.1 Å². The van der Waals surface area contributed by atoms with Crippen LogP contribution in [0.25, 0.3) is 10.9 Å². The summed E-state index contributed by atoms with van der Waals surface area (Å²) in [7, 11) is 0. The van der Waals surface area contributed by atoms with Gasteiger partial charge in [0.15, 0.2) is 0 Å². The number of nitrogens with one attached hydrogen (secondary N) is 1. The Labute approximate surface area is 125 Å². The van der Waals surface area contributed by atoms with Gasteiger partial charge in [0.05, 0.1) is 25.3 Å². The lowest BCUT2D eigenvalue weighted by molar-refractivity contribution is 0.0992. The van der Waals surface area contributed by atoms with Crippen LogP contribution in [0.4, 0.5) is 5.82 Å². The number of aromatic nitrogens is 2. The van der Waals surface area contributed by atoms with Crippen LogP contribution in [0.5, 0.6) is 0 Å². The van der Waals surface area contributed by atoms with Crippen molar-refractivity contribution >= 4 is 16.7 Å². The second kappa shape index (κ2) is 6.83. The highest BCUT2D eigenvalue weighted by atomic mass is 16.5. The molecule has 114 valence electrons. The number of aliphatic hydroxyl groups excluding tert-OH is 1. The minimum atomic E-state index is -0.103. The Morgan fingerprint density at radius 2 is 1.90 bits per heavy atom. The molecule has 0 saturated carbocycles. The average molecular weight is 289 g/mol. The molecule has 2 rings (SSSR count). The quantitative estimate of drug-likeness (QED) is 0.799. The van der Waals surface area contributed by atoms with Crippen molar-refractivity contribution in [3.63, 3.8) is 0 Å². The van der Waals surface area contributed by atoms with E-state index in [0.717, 1.165) is 22.5 Å². The maximum atomic E-state index is 8.68. The first-order valence-corrected chi connectivity index (χ1v) is 7.22. The third kappa shape index (κ3) is 4.12. The Morgan fingerprint density at radius 3 is 2.62 bits per heavy atom. The molecule has 0 bridgehead atoms. The Balaban J connectivity index is 2.23. The second-order valence-corrected chi connectivity index (χ2v) is 5.93. The van der Waals surface area contributed by atoms with Crippen molar-refractivity contribution < 1.29 is 9.84 Å². The van der Waals surface area contributed by atoms with E-state index in [4.69, 9.17) is 9.84 Å². The van der Waals surface area contributed by atoms with E-state index in [9.17, 15) is 0 Å². The lowest BCUT2D eigenvalue weighted by Crippen LogP contribution is -2.19. The fourth-order valence-corrected chi connectivity index (χ4v) is 1.95. The highest BCUT2D eigenvalue weighted by Crippen LogP contribution is 2.25. The molecule has 0 amide bonds. The van der Waals surface area contributed by atoms with Gasteiger partial charge in [0.1, 0.15) is 11.6 Å². The SMILES string of the molecule is CC(C)(C)c1nc(NCCOCCO)c2ccccc2n1. The molecule has 1 aromatic carbocycles. The molecule has 0 unspecified atom stereocenters. The van der Waals surface area contributed by atoms with Crippen LogP contribution in [0.2, 0.25) is 0 Å². The fourth-order valence-electron chi connectivity index (χ4n) is 1.95. The van der Waals surface area contributed by atoms with Gasteiger partial charge in [-0.1, -0.05) is 32.9 Å². The van der Waals surface area contributed by atoms with Crippen molar-refractivity contribution in [1.29, 1.82) is 0 Å². The molecule has 5 nitrogen and oxygen atoms in total. The summed E-state index contributed by atoms with van der Waals surface area (Å²) in [5.41, 5.74) is 0.838. The summed E-state index contributed by atoms with van der Waals surface area (Å²) in [6, 6.07) is 7.98. The van der Waals surface area contributed by atoms with Gasteiger partial charge < -0.3 is 15.2 Å². The molecule has 21 heavy (non-hydrogen) atoms. The van der Waals surface area contributed by atoms with Crippen LogP contribution in [0, 0.1) is 0 Å². The van der Waals surface area contributed by atoms with E-state index < -0.39 is 0 Å². The molecule has 0 radical (unpaired) electrons. The minimum Gasteiger partial charge on any atom is -0.394 e. The van der Waals surface area contributed by atoms with Gasteiger partial charge in [0.25, 0.3) is 0 Å². The van der Waals surface area contributed by atoms with E-state index >= 15 is 0 Å². The topological polar surface area (TPSA) is 67.3 Å². The van der Waals surface area contributed by atoms with E-state index in [1.807, 2.05) is 24.3 Å². The van der Waals surface area contributed by atoms with E-state index in [1.165, 1.54) is 0 Å². The molecule has 0 aliphatic carbocycles. The van der Waals surface area contributed by atoms with Crippen LogP contribution < -0.4 is 5.32 Å². The monoisotopic (exact) mass is 289 g/mol. The molecule has 0 fully saturated rings. The van der Waals surface area contributed by atoms with Crippen molar-refractivity contribution in [2.45, 2.75) is 26.2 Å². The summed E-state index contributed by atoms with van der Waals surface area (Å²) >= 11 is 0. The minimum absolute atomic E-state index is 0.0462. The molecule has 0 saturated heterocycles. The third-order valence-electron chi connectivity index (χ3n) is 3.05. The summed E-state index contributed by atoms with van der Waals surface area (Å²) in [6.45, 7) is 7.89. The van der Waals surface area contributed by atoms with E-state index in [1.54, 1.807) is 0 Å². The maximum absolute atomic E-state index is 8.68. The fraction of sp³-hybridized carbons (Fsp3) is 0.500. The number of nitrogens with zero attached hydrogens (tertiary/aromatic N) is 2. The number of ether oxygens (including phenoxy) is 1. The van der Waals surface area contributed by atoms with Crippen LogP contribution in [0.15, 0.2) is 24.3 Å². The highest BCUT2D eigenvalue weighted by Gasteiger charge is 2.19. The molecule has 0 aliphatic heterocycles. The Morgan fingerprint density at radius 1 is 1.14 bits per heavy atom. The zero-order chi connectivity index (χ0) is 15.3. The second-order valence-electron chi connectivity index (χ2n) is 5.93. The molecule has 1 heterocycles. The largest absolute Gasteiger partial charge is 0.394 e. The van der Waals surface area contributed by atoms with Crippen LogP contribution in [-0.4, -0.2) is 41.4 Å². The van der Waals surface area contributed by atoms with Crippen molar-refractivity contribution in [3.05, 3.63) is 30.1 Å². The van der Waals surface area contributed by atoms with Gasteiger partial charge in [-0.05, 0) is 12.1 Å². The van der Waals surface area contributed by atoms with Gasteiger partial charge in [0, 0.05) is 17.3 Å². The molecule has 0 spiro atoms. The predicted octanol–water partition coefficient (Wildman–Crippen LogP) is 2.35. The highest BCUT2D eigenvalue weighted by molar-refractivity contribution is 5.89. The van der Waals surface area contributed by atoms with Crippen molar-refractivity contribution in [2.24, 2.45) is 0 Å². The maximum Gasteiger partial charge on any atom is 0.137 e.